The second-order valence-electron chi connectivity index (χ2n) is 5.14. The lowest BCUT2D eigenvalue weighted by Gasteiger charge is -2.18. The Bertz CT molecular complexity index is 764. The zero-order chi connectivity index (χ0) is 17.7. The predicted octanol–water partition coefficient (Wildman–Crippen LogP) is 4.35. The monoisotopic (exact) mass is 348 g/mol. The van der Waals surface area contributed by atoms with Gasteiger partial charge in [0.1, 0.15) is 5.75 Å². The first-order chi connectivity index (χ1) is 11.4. The molecule has 24 heavy (non-hydrogen) atoms. The first-order valence-corrected chi connectivity index (χ1v) is 7.78. The summed E-state index contributed by atoms with van der Waals surface area (Å²) in [6.07, 6.45) is -0.339. The third-order valence-electron chi connectivity index (χ3n) is 3.53. The molecule has 2 aromatic rings. The maximum Gasteiger partial charge on any atom is 0.274 e. The second-order valence-corrected chi connectivity index (χ2v) is 5.55. The van der Waals surface area contributed by atoms with E-state index in [1.807, 2.05) is 0 Å². The van der Waals surface area contributed by atoms with Crippen molar-refractivity contribution >= 4 is 28.9 Å². The van der Waals surface area contributed by atoms with E-state index >= 15 is 0 Å². The summed E-state index contributed by atoms with van der Waals surface area (Å²) in [7, 11) is 0. The molecule has 0 aliphatic heterocycles. The molecule has 1 atom stereocenters. The summed E-state index contributed by atoms with van der Waals surface area (Å²) < 4.78 is 5.67. The van der Waals surface area contributed by atoms with Gasteiger partial charge in [-0.25, -0.2) is 0 Å². The lowest BCUT2D eigenvalue weighted by Crippen LogP contribution is -2.32. The van der Waals surface area contributed by atoms with Gasteiger partial charge in [-0.3, -0.25) is 14.9 Å². The quantitative estimate of drug-likeness (QED) is 0.621. The van der Waals surface area contributed by atoms with Gasteiger partial charge in [-0.2, -0.15) is 0 Å². The summed E-state index contributed by atoms with van der Waals surface area (Å²) in [6.45, 7) is 3.39. The maximum absolute atomic E-state index is 12.4. The number of halogens is 1. The van der Waals surface area contributed by atoms with Crippen LogP contribution in [0.1, 0.15) is 18.9 Å². The van der Waals surface area contributed by atoms with Crippen molar-refractivity contribution in [2.45, 2.75) is 26.4 Å². The van der Waals surface area contributed by atoms with Gasteiger partial charge in [-0.1, -0.05) is 36.7 Å². The van der Waals surface area contributed by atoms with Gasteiger partial charge in [-0.05, 0) is 31.5 Å². The first kappa shape index (κ1) is 17.7. The Kier molecular flexibility index (Phi) is 5.76. The average Bonchev–Trinajstić information content (AvgIpc) is 2.55. The van der Waals surface area contributed by atoms with Gasteiger partial charge in [0.15, 0.2) is 6.10 Å². The number of ether oxygens (including phenoxy) is 1. The molecular formula is C17H17ClN2O4. The summed E-state index contributed by atoms with van der Waals surface area (Å²) in [6, 6.07) is 11.4. The van der Waals surface area contributed by atoms with E-state index in [0.29, 0.717) is 28.4 Å². The van der Waals surface area contributed by atoms with E-state index in [1.54, 1.807) is 44.2 Å². The molecule has 0 saturated heterocycles. The minimum atomic E-state index is -0.761. The normalized spacial score (nSPS) is 11.6. The van der Waals surface area contributed by atoms with Crippen molar-refractivity contribution in [3.63, 3.8) is 0 Å². The van der Waals surface area contributed by atoms with E-state index < -0.39 is 11.0 Å². The van der Waals surface area contributed by atoms with E-state index in [-0.39, 0.29) is 11.6 Å². The van der Waals surface area contributed by atoms with Crippen LogP contribution in [0.2, 0.25) is 5.02 Å². The molecule has 1 amide bonds. The van der Waals surface area contributed by atoms with Crippen molar-refractivity contribution < 1.29 is 14.5 Å². The van der Waals surface area contributed by atoms with Crippen LogP contribution in [0.5, 0.6) is 5.75 Å². The topological polar surface area (TPSA) is 81.5 Å². The van der Waals surface area contributed by atoms with Crippen LogP contribution in [0, 0.1) is 17.0 Å². The summed E-state index contributed by atoms with van der Waals surface area (Å²) in [5.74, 6) is 0.0259. The van der Waals surface area contributed by atoms with Crippen LogP contribution in [0.25, 0.3) is 0 Å². The van der Waals surface area contributed by atoms with Crippen molar-refractivity contribution in [2.24, 2.45) is 0 Å². The summed E-state index contributed by atoms with van der Waals surface area (Å²) >= 11 is 6.04. The van der Waals surface area contributed by atoms with Crippen molar-refractivity contribution in [3.05, 3.63) is 63.2 Å². The fourth-order valence-electron chi connectivity index (χ4n) is 2.19. The number of carbonyl (C=O) groups excluding carboxylic acids is 1. The minimum absolute atomic E-state index is 0.0483. The lowest BCUT2D eigenvalue weighted by molar-refractivity contribution is -0.385. The molecule has 0 spiro atoms. The Morgan fingerprint density at radius 2 is 2.00 bits per heavy atom. The molecule has 2 rings (SSSR count). The van der Waals surface area contributed by atoms with E-state index in [1.165, 1.54) is 12.1 Å². The molecule has 126 valence electrons. The van der Waals surface area contributed by atoms with E-state index in [0.717, 1.165) is 0 Å². The molecule has 0 fully saturated rings. The van der Waals surface area contributed by atoms with E-state index in [2.05, 4.69) is 5.32 Å². The largest absolute Gasteiger partial charge is 0.479 e. The predicted molar refractivity (Wildman–Crippen MR) is 92.6 cm³/mol. The molecule has 0 aliphatic carbocycles. The summed E-state index contributed by atoms with van der Waals surface area (Å²) in [5.41, 5.74) is 0.728. The minimum Gasteiger partial charge on any atom is -0.479 e. The maximum atomic E-state index is 12.4. The number of nitro groups is 1. The van der Waals surface area contributed by atoms with Crippen molar-refractivity contribution in [2.75, 3.05) is 5.32 Å². The molecule has 7 heteroatoms. The highest BCUT2D eigenvalue weighted by Crippen LogP contribution is 2.27. The van der Waals surface area contributed by atoms with Crippen molar-refractivity contribution in [1.29, 1.82) is 0 Å². The molecule has 0 radical (unpaired) electrons. The van der Waals surface area contributed by atoms with Crippen LogP contribution < -0.4 is 10.1 Å². The van der Waals surface area contributed by atoms with E-state index in [9.17, 15) is 14.9 Å². The highest BCUT2D eigenvalue weighted by Gasteiger charge is 2.22. The first-order valence-electron chi connectivity index (χ1n) is 7.40. The van der Waals surface area contributed by atoms with Gasteiger partial charge in [-0.15, -0.1) is 0 Å². The molecule has 0 aromatic heterocycles. The zero-order valence-electron chi connectivity index (χ0n) is 13.3. The van der Waals surface area contributed by atoms with Crippen molar-refractivity contribution in [1.82, 2.24) is 0 Å². The van der Waals surface area contributed by atoms with E-state index in [4.69, 9.17) is 16.3 Å². The van der Waals surface area contributed by atoms with Crippen LogP contribution in [0.4, 0.5) is 11.4 Å². The Hall–Kier alpha value is -2.60. The van der Waals surface area contributed by atoms with Gasteiger partial charge >= 0.3 is 0 Å². The molecule has 6 nitrogen and oxygen atoms in total. The molecule has 0 heterocycles. The molecule has 0 unspecified atom stereocenters. The number of anilines is 1. The molecular weight excluding hydrogens is 332 g/mol. The molecule has 0 saturated carbocycles. The second kappa shape index (κ2) is 7.79. The third-order valence-corrected chi connectivity index (χ3v) is 3.84. The molecule has 0 bridgehead atoms. The molecule has 0 aliphatic rings. The SMILES string of the molecule is CC[C@@H](Oc1ccccc1Cl)C(=O)Nc1cccc([N+](=O)[O-])c1C. The molecule has 2 aromatic carbocycles. The third kappa shape index (κ3) is 4.02. The number of nitro benzene ring substituents is 1. The number of nitrogens with one attached hydrogen (secondary N) is 1. The number of benzene rings is 2. The number of hydrogen-bond acceptors (Lipinski definition) is 4. The Balaban J connectivity index is 2.17. The van der Waals surface area contributed by atoms with Gasteiger partial charge in [0, 0.05) is 6.07 Å². The van der Waals surface area contributed by atoms with Crippen LogP contribution in [0.15, 0.2) is 42.5 Å². The highest BCUT2D eigenvalue weighted by atomic mass is 35.5. The fourth-order valence-corrected chi connectivity index (χ4v) is 2.37. The summed E-state index contributed by atoms with van der Waals surface area (Å²) in [5, 5.41) is 14.1. The number of rotatable bonds is 6. The van der Waals surface area contributed by atoms with Gasteiger partial charge < -0.3 is 10.1 Å². The van der Waals surface area contributed by atoms with Gasteiger partial charge in [0.05, 0.1) is 21.2 Å². The number of carbonyl (C=O) groups is 1. The van der Waals surface area contributed by atoms with Gasteiger partial charge in [0.2, 0.25) is 0 Å². The zero-order valence-corrected chi connectivity index (χ0v) is 14.0. The summed E-state index contributed by atoms with van der Waals surface area (Å²) in [4.78, 5) is 22.9. The van der Waals surface area contributed by atoms with Crippen LogP contribution in [-0.4, -0.2) is 16.9 Å². The fraction of sp³-hybridized carbons (Fsp3) is 0.235. The van der Waals surface area contributed by atoms with Crippen LogP contribution in [-0.2, 0) is 4.79 Å². The number of amides is 1. The van der Waals surface area contributed by atoms with Crippen molar-refractivity contribution in [3.8, 4) is 5.75 Å². The standard InChI is InChI=1S/C17H17ClN2O4/c1-3-15(24-16-10-5-4-7-12(16)18)17(21)19-13-8-6-9-14(11(13)2)20(22)23/h4-10,15H,3H2,1-2H3,(H,19,21)/t15-/m1/s1. The molecule has 1 N–H and O–H groups in total. The Labute approximate surface area is 144 Å². The number of hydrogen-bond donors (Lipinski definition) is 1. The Morgan fingerprint density at radius 1 is 1.29 bits per heavy atom. The highest BCUT2D eigenvalue weighted by molar-refractivity contribution is 6.32. The smallest absolute Gasteiger partial charge is 0.274 e. The Morgan fingerprint density at radius 3 is 2.62 bits per heavy atom. The lowest BCUT2D eigenvalue weighted by atomic mass is 10.1. The van der Waals surface area contributed by atoms with Crippen LogP contribution in [0.3, 0.4) is 0 Å². The number of para-hydroxylation sites is 1. The number of nitrogens with zero attached hydrogens (tertiary/aromatic N) is 1. The average molecular weight is 349 g/mol. The van der Waals surface area contributed by atoms with Gasteiger partial charge in [0.25, 0.3) is 11.6 Å². The van der Waals surface area contributed by atoms with Crippen LogP contribution >= 0.6 is 11.6 Å².